The van der Waals surface area contributed by atoms with E-state index in [1.807, 2.05) is 37.3 Å². The molecule has 0 aliphatic carbocycles. The molecule has 3 aromatic carbocycles. The minimum atomic E-state index is -0.755. The van der Waals surface area contributed by atoms with E-state index < -0.39 is 11.7 Å². The van der Waals surface area contributed by atoms with Gasteiger partial charge in [0.15, 0.2) is 0 Å². The van der Waals surface area contributed by atoms with E-state index in [4.69, 9.17) is 10.00 Å². The van der Waals surface area contributed by atoms with Crippen molar-refractivity contribution in [3.8, 4) is 17.5 Å². The monoisotopic (exact) mass is 401 g/mol. The highest BCUT2D eigenvalue weighted by Gasteiger charge is 2.14. The van der Waals surface area contributed by atoms with Crippen LogP contribution in [0.1, 0.15) is 22.8 Å². The SMILES string of the molecule is CCOc1ccc(-n2nc3ccc(NC(=O)c4ccc(C#N)cc4F)cc3n2)cc1. The van der Waals surface area contributed by atoms with Gasteiger partial charge in [-0.1, -0.05) is 0 Å². The van der Waals surface area contributed by atoms with Crippen molar-refractivity contribution >= 4 is 22.6 Å². The van der Waals surface area contributed by atoms with Gasteiger partial charge in [-0.15, -0.1) is 10.2 Å². The molecule has 0 aliphatic rings. The van der Waals surface area contributed by atoms with Crippen molar-refractivity contribution in [2.75, 3.05) is 11.9 Å². The summed E-state index contributed by atoms with van der Waals surface area (Å²) in [7, 11) is 0. The molecule has 1 N–H and O–H groups in total. The number of hydrogen-bond acceptors (Lipinski definition) is 5. The van der Waals surface area contributed by atoms with Gasteiger partial charge in [-0.2, -0.15) is 10.1 Å². The molecule has 0 aliphatic heterocycles. The molecular weight excluding hydrogens is 385 g/mol. The van der Waals surface area contributed by atoms with Crippen LogP contribution in [0.25, 0.3) is 16.7 Å². The molecule has 0 fully saturated rings. The maximum absolute atomic E-state index is 14.1. The number of anilines is 1. The molecular formula is C22H16FN5O2. The maximum atomic E-state index is 14.1. The second-order valence-corrected chi connectivity index (χ2v) is 6.38. The maximum Gasteiger partial charge on any atom is 0.258 e. The number of nitrogens with one attached hydrogen (secondary N) is 1. The highest BCUT2D eigenvalue weighted by molar-refractivity contribution is 6.05. The van der Waals surface area contributed by atoms with Crippen molar-refractivity contribution < 1.29 is 13.9 Å². The molecule has 0 saturated heterocycles. The van der Waals surface area contributed by atoms with Crippen LogP contribution in [0.3, 0.4) is 0 Å². The minimum absolute atomic E-state index is 0.146. The molecule has 0 unspecified atom stereocenters. The number of benzene rings is 3. The second kappa shape index (κ2) is 8.01. The van der Waals surface area contributed by atoms with E-state index in [0.29, 0.717) is 23.3 Å². The van der Waals surface area contributed by atoms with Crippen LogP contribution in [0.5, 0.6) is 5.75 Å². The van der Waals surface area contributed by atoms with Gasteiger partial charge in [0.25, 0.3) is 5.91 Å². The predicted molar refractivity (Wildman–Crippen MR) is 109 cm³/mol. The molecule has 4 rings (SSSR count). The van der Waals surface area contributed by atoms with Crippen molar-refractivity contribution in [3.05, 3.63) is 77.6 Å². The van der Waals surface area contributed by atoms with E-state index >= 15 is 0 Å². The number of rotatable bonds is 5. The molecule has 0 saturated carbocycles. The first kappa shape index (κ1) is 19.1. The first-order valence-corrected chi connectivity index (χ1v) is 9.18. The fourth-order valence-corrected chi connectivity index (χ4v) is 2.92. The van der Waals surface area contributed by atoms with E-state index in [2.05, 4.69) is 15.5 Å². The molecule has 1 amide bonds. The van der Waals surface area contributed by atoms with Crippen LogP contribution in [-0.4, -0.2) is 27.5 Å². The Morgan fingerprint density at radius 2 is 1.87 bits per heavy atom. The van der Waals surface area contributed by atoms with Crippen molar-refractivity contribution in [1.29, 1.82) is 5.26 Å². The Labute approximate surface area is 171 Å². The fourth-order valence-electron chi connectivity index (χ4n) is 2.92. The summed E-state index contributed by atoms with van der Waals surface area (Å²) in [5.41, 5.74) is 2.44. The molecule has 4 aromatic rings. The molecule has 30 heavy (non-hydrogen) atoms. The molecule has 0 spiro atoms. The first-order valence-electron chi connectivity index (χ1n) is 9.18. The number of halogens is 1. The largest absolute Gasteiger partial charge is 0.494 e. The average molecular weight is 401 g/mol. The summed E-state index contributed by atoms with van der Waals surface area (Å²) in [6.07, 6.45) is 0. The lowest BCUT2D eigenvalue weighted by atomic mass is 10.1. The smallest absolute Gasteiger partial charge is 0.258 e. The van der Waals surface area contributed by atoms with Crippen LogP contribution in [0.2, 0.25) is 0 Å². The summed E-state index contributed by atoms with van der Waals surface area (Å²) >= 11 is 0. The van der Waals surface area contributed by atoms with Crippen molar-refractivity contribution in [3.63, 3.8) is 0 Å². The number of nitrogens with zero attached hydrogens (tertiary/aromatic N) is 4. The highest BCUT2D eigenvalue weighted by atomic mass is 19.1. The number of hydrogen-bond donors (Lipinski definition) is 1. The lowest BCUT2D eigenvalue weighted by Crippen LogP contribution is -2.13. The van der Waals surface area contributed by atoms with Gasteiger partial charge in [-0.05, 0) is 67.6 Å². The normalized spacial score (nSPS) is 10.6. The van der Waals surface area contributed by atoms with Crippen LogP contribution in [0.15, 0.2) is 60.7 Å². The summed E-state index contributed by atoms with van der Waals surface area (Å²) in [6.45, 7) is 2.51. The number of aromatic nitrogens is 3. The van der Waals surface area contributed by atoms with Gasteiger partial charge < -0.3 is 10.1 Å². The summed E-state index contributed by atoms with van der Waals surface area (Å²) in [6, 6.07) is 18.0. The third kappa shape index (κ3) is 3.82. The van der Waals surface area contributed by atoms with Gasteiger partial charge in [0.1, 0.15) is 22.6 Å². The zero-order valence-electron chi connectivity index (χ0n) is 16.0. The number of nitriles is 1. The van der Waals surface area contributed by atoms with Crippen LogP contribution in [0, 0.1) is 17.1 Å². The molecule has 7 nitrogen and oxygen atoms in total. The summed E-state index contributed by atoms with van der Waals surface area (Å²) in [5, 5.41) is 20.3. The van der Waals surface area contributed by atoms with E-state index in [-0.39, 0.29) is 11.1 Å². The molecule has 0 radical (unpaired) electrons. The van der Waals surface area contributed by atoms with Crippen LogP contribution >= 0.6 is 0 Å². The Morgan fingerprint density at radius 3 is 2.57 bits per heavy atom. The van der Waals surface area contributed by atoms with Crippen molar-refractivity contribution in [1.82, 2.24) is 15.0 Å². The molecule has 148 valence electrons. The Morgan fingerprint density at radius 1 is 1.10 bits per heavy atom. The van der Waals surface area contributed by atoms with Crippen molar-refractivity contribution in [2.45, 2.75) is 6.92 Å². The van der Waals surface area contributed by atoms with E-state index in [1.54, 1.807) is 18.2 Å². The summed E-state index contributed by atoms with van der Waals surface area (Å²) < 4.78 is 19.5. The minimum Gasteiger partial charge on any atom is -0.494 e. The Hall–Kier alpha value is -4.25. The van der Waals surface area contributed by atoms with E-state index in [9.17, 15) is 9.18 Å². The lowest BCUT2D eigenvalue weighted by Gasteiger charge is -2.06. The zero-order chi connectivity index (χ0) is 21.1. The third-order valence-corrected chi connectivity index (χ3v) is 4.36. The third-order valence-electron chi connectivity index (χ3n) is 4.36. The standard InChI is InChI=1S/C22H16FN5O2/c1-2-30-17-7-5-16(6-8-17)28-26-20-10-4-15(12-21(20)27-28)25-22(29)18-9-3-14(13-24)11-19(18)23/h3-12H,2H2,1H3,(H,25,29). The second-order valence-electron chi connectivity index (χ2n) is 6.38. The Kier molecular flexibility index (Phi) is 5.09. The van der Waals surface area contributed by atoms with Gasteiger partial charge in [0.2, 0.25) is 0 Å². The molecule has 8 heteroatoms. The Bertz CT molecular complexity index is 1280. The first-order chi connectivity index (χ1) is 14.6. The van der Waals surface area contributed by atoms with Crippen LogP contribution < -0.4 is 10.1 Å². The Balaban J connectivity index is 1.56. The van der Waals surface area contributed by atoms with Gasteiger partial charge in [0.05, 0.1) is 29.5 Å². The van der Waals surface area contributed by atoms with Gasteiger partial charge in [0, 0.05) is 5.69 Å². The average Bonchev–Trinajstić information content (AvgIpc) is 3.17. The number of carbonyl (C=O) groups is 1. The quantitative estimate of drug-likeness (QED) is 0.544. The number of fused-ring (bicyclic) bond motifs is 1. The molecule has 1 heterocycles. The van der Waals surface area contributed by atoms with E-state index in [1.165, 1.54) is 16.9 Å². The van der Waals surface area contributed by atoms with Gasteiger partial charge in [-0.3, -0.25) is 4.79 Å². The van der Waals surface area contributed by atoms with Crippen LogP contribution in [0.4, 0.5) is 10.1 Å². The number of amides is 1. The number of ether oxygens (including phenoxy) is 1. The lowest BCUT2D eigenvalue weighted by molar-refractivity contribution is 0.102. The van der Waals surface area contributed by atoms with Gasteiger partial charge in [-0.25, -0.2) is 4.39 Å². The summed E-state index contributed by atoms with van der Waals surface area (Å²) in [5.74, 6) is -0.609. The van der Waals surface area contributed by atoms with E-state index in [0.717, 1.165) is 17.5 Å². The summed E-state index contributed by atoms with van der Waals surface area (Å²) in [4.78, 5) is 13.9. The molecule has 0 atom stereocenters. The fraction of sp³-hybridized carbons (Fsp3) is 0.0909. The highest BCUT2D eigenvalue weighted by Crippen LogP contribution is 2.20. The topological polar surface area (TPSA) is 92.8 Å². The van der Waals surface area contributed by atoms with Crippen LogP contribution in [-0.2, 0) is 0 Å². The van der Waals surface area contributed by atoms with Gasteiger partial charge >= 0.3 is 0 Å². The van der Waals surface area contributed by atoms with Crippen molar-refractivity contribution in [2.24, 2.45) is 0 Å². The molecule has 1 aromatic heterocycles. The zero-order valence-corrected chi connectivity index (χ0v) is 16.0. The predicted octanol–water partition coefficient (Wildman–Crippen LogP) is 4.08. The molecule has 0 bridgehead atoms. The number of carbonyl (C=O) groups excluding carboxylic acids is 1.